The Kier molecular flexibility index (Phi) is 5.26. The van der Waals surface area contributed by atoms with Crippen LogP contribution in [-0.2, 0) is 0 Å². The van der Waals surface area contributed by atoms with E-state index in [0.717, 1.165) is 11.1 Å². The van der Waals surface area contributed by atoms with E-state index in [1.54, 1.807) is 6.92 Å². The summed E-state index contributed by atoms with van der Waals surface area (Å²) >= 11 is 0. The smallest absolute Gasteiger partial charge is 0.273 e. The molecular formula is C20H20N2O3. The maximum atomic E-state index is 12.5. The van der Waals surface area contributed by atoms with E-state index >= 15 is 0 Å². The number of carbonyl (C=O) groups excluding carboxylic acids is 1. The zero-order valence-corrected chi connectivity index (χ0v) is 14.0. The van der Waals surface area contributed by atoms with Crippen LogP contribution in [0.3, 0.4) is 0 Å². The molecule has 1 amide bonds. The second-order valence-electron chi connectivity index (χ2n) is 5.75. The summed E-state index contributed by atoms with van der Waals surface area (Å²) in [5.74, 6) is 0.587. The third kappa shape index (κ3) is 4.14. The molecule has 3 rings (SSSR count). The molecule has 0 fully saturated rings. The number of oxazole rings is 1. The van der Waals surface area contributed by atoms with Crippen LogP contribution >= 0.6 is 0 Å². The van der Waals surface area contributed by atoms with Gasteiger partial charge in [0.15, 0.2) is 17.3 Å². The van der Waals surface area contributed by atoms with Gasteiger partial charge in [-0.25, -0.2) is 4.98 Å². The van der Waals surface area contributed by atoms with Gasteiger partial charge in [0.2, 0.25) is 0 Å². The third-order valence-electron chi connectivity index (χ3n) is 3.87. The van der Waals surface area contributed by atoms with Gasteiger partial charge in [-0.3, -0.25) is 4.79 Å². The number of aryl methyl sites for hydroxylation is 1. The number of aliphatic hydroxyl groups is 1. The van der Waals surface area contributed by atoms with E-state index < -0.39 is 6.10 Å². The van der Waals surface area contributed by atoms with Crippen LogP contribution in [0, 0.1) is 6.92 Å². The van der Waals surface area contributed by atoms with Crippen LogP contribution in [0.5, 0.6) is 0 Å². The molecule has 1 aromatic heterocycles. The molecule has 128 valence electrons. The highest BCUT2D eigenvalue weighted by Crippen LogP contribution is 2.24. The van der Waals surface area contributed by atoms with Gasteiger partial charge in [-0.15, -0.1) is 0 Å². The number of amides is 1. The Morgan fingerprint density at radius 3 is 2.44 bits per heavy atom. The molecule has 5 nitrogen and oxygen atoms in total. The fraction of sp³-hybridized carbons (Fsp3) is 0.200. The second kappa shape index (κ2) is 7.77. The lowest BCUT2D eigenvalue weighted by atomic mass is 10.1. The number of hydrogen-bond donors (Lipinski definition) is 2. The van der Waals surface area contributed by atoms with Crippen molar-refractivity contribution in [2.24, 2.45) is 0 Å². The molecule has 1 heterocycles. The van der Waals surface area contributed by atoms with E-state index in [9.17, 15) is 9.90 Å². The summed E-state index contributed by atoms with van der Waals surface area (Å²) < 4.78 is 5.60. The van der Waals surface area contributed by atoms with Gasteiger partial charge in [-0.1, -0.05) is 60.7 Å². The Labute approximate surface area is 146 Å². The van der Waals surface area contributed by atoms with E-state index in [0.29, 0.717) is 24.6 Å². The first kappa shape index (κ1) is 16.9. The van der Waals surface area contributed by atoms with Crippen molar-refractivity contribution in [1.82, 2.24) is 10.3 Å². The van der Waals surface area contributed by atoms with Gasteiger partial charge < -0.3 is 14.8 Å². The van der Waals surface area contributed by atoms with E-state index in [-0.39, 0.29) is 11.6 Å². The fourth-order valence-corrected chi connectivity index (χ4v) is 2.61. The predicted octanol–water partition coefficient (Wildman–Crippen LogP) is 3.50. The minimum absolute atomic E-state index is 0.262. The zero-order chi connectivity index (χ0) is 17.6. The lowest BCUT2D eigenvalue weighted by molar-refractivity contribution is 0.0938. The summed E-state index contributed by atoms with van der Waals surface area (Å²) in [6, 6.07) is 18.8. The predicted molar refractivity (Wildman–Crippen MR) is 95.0 cm³/mol. The molecule has 2 N–H and O–H groups in total. The van der Waals surface area contributed by atoms with Crippen molar-refractivity contribution in [2.75, 3.05) is 6.54 Å². The average Bonchev–Trinajstić information content (AvgIpc) is 3.05. The van der Waals surface area contributed by atoms with E-state index in [2.05, 4.69) is 10.3 Å². The molecule has 0 saturated heterocycles. The van der Waals surface area contributed by atoms with Gasteiger partial charge in [-0.05, 0) is 12.0 Å². The molecule has 2 aromatic carbocycles. The summed E-state index contributed by atoms with van der Waals surface area (Å²) in [5.41, 5.74) is 1.90. The summed E-state index contributed by atoms with van der Waals surface area (Å²) in [6.07, 6.45) is -0.193. The first-order valence-corrected chi connectivity index (χ1v) is 8.19. The van der Waals surface area contributed by atoms with Crippen LogP contribution < -0.4 is 5.32 Å². The zero-order valence-electron chi connectivity index (χ0n) is 14.0. The van der Waals surface area contributed by atoms with Crippen molar-refractivity contribution in [3.05, 3.63) is 77.8 Å². The minimum atomic E-state index is -0.617. The topological polar surface area (TPSA) is 75.4 Å². The molecule has 0 radical (unpaired) electrons. The molecule has 0 aliphatic heterocycles. The van der Waals surface area contributed by atoms with Crippen molar-refractivity contribution in [3.63, 3.8) is 0 Å². The third-order valence-corrected chi connectivity index (χ3v) is 3.87. The molecule has 5 heteroatoms. The van der Waals surface area contributed by atoms with Crippen molar-refractivity contribution in [1.29, 1.82) is 0 Å². The number of nitrogens with zero attached hydrogens (tertiary/aromatic N) is 1. The summed E-state index contributed by atoms with van der Waals surface area (Å²) in [5, 5.41) is 13.0. The highest BCUT2D eigenvalue weighted by atomic mass is 16.4. The molecular weight excluding hydrogens is 316 g/mol. The van der Waals surface area contributed by atoms with Crippen molar-refractivity contribution < 1.29 is 14.3 Å². The van der Waals surface area contributed by atoms with Gasteiger partial charge in [0.05, 0.1) is 6.10 Å². The largest absolute Gasteiger partial charge is 0.440 e. The van der Waals surface area contributed by atoms with Crippen molar-refractivity contribution in [2.45, 2.75) is 19.4 Å². The number of nitrogens with one attached hydrogen (secondary N) is 1. The summed E-state index contributed by atoms with van der Waals surface area (Å²) in [6.45, 7) is 2.05. The Bertz CT molecular complexity index is 829. The van der Waals surface area contributed by atoms with Crippen LogP contribution in [0.15, 0.2) is 65.1 Å². The summed E-state index contributed by atoms with van der Waals surface area (Å²) in [4.78, 5) is 16.7. The Morgan fingerprint density at radius 2 is 1.76 bits per heavy atom. The van der Waals surface area contributed by atoms with Crippen LogP contribution in [0.2, 0.25) is 0 Å². The molecule has 0 aliphatic carbocycles. The Balaban J connectivity index is 1.64. The Hall–Kier alpha value is -2.92. The van der Waals surface area contributed by atoms with Gasteiger partial charge in [0.25, 0.3) is 5.91 Å². The van der Waals surface area contributed by atoms with Gasteiger partial charge in [0, 0.05) is 19.0 Å². The first-order valence-electron chi connectivity index (χ1n) is 8.19. The maximum absolute atomic E-state index is 12.5. The minimum Gasteiger partial charge on any atom is -0.440 e. The quantitative estimate of drug-likeness (QED) is 0.722. The number of hydrogen-bond acceptors (Lipinski definition) is 4. The van der Waals surface area contributed by atoms with E-state index in [1.807, 2.05) is 60.7 Å². The Morgan fingerprint density at radius 1 is 1.12 bits per heavy atom. The standard InChI is InChI=1S/C20H20N2O3/c1-14-22-18(19(25-14)16-10-6-3-7-11-16)20(24)21-13-12-17(23)15-8-4-2-5-9-15/h2-11,17,23H,12-13H2,1H3,(H,21,24). The van der Waals surface area contributed by atoms with Crippen LogP contribution in [0.25, 0.3) is 11.3 Å². The number of aromatic nitrogens is 1. The van der Waals surface area contributed by atoms with Crippen LogP contribution in [0.4, 0.5) is 0 Å². The highest BCUT2D eigenvalue weighted by Gasteiger charge is 2.20. The molecule has 0 bridgehead atoms. The number of rotatable bonds is 6. The number of benzene rings is 2. The van der Waals surface area contributed by atoms with Crippen molar-refractivity contribution >= 4 is 5.91 Å². The fourth-order valence-electron chi connectivity index (χ4n) is 2.61. The lowest BCUT2D eigenvalue weighted by Gasteiger charge is -2.11. The van der Waals surface area contributed by atoms with Gasteiger partial charge in [0.1, 0.15) is 0 Å². The molecule has 25 heavy (non-hydrogen) atoms. The molecule has 0 spiro atoms. The van der Waals surface area contributed by atoms with E-state index in [1.165, 1.54) is 0 Å². The normalized spacial score (nSPS) is 11.9. The van der Waals surface area contributed by atoms with Crippen LogP contribution in [-0.4, -0.2) is 22.5 Å². The number of carbonyl (C=O) groups is 1. The molecule has 1 atom stereocenters. The van der Waals surface area contributed by atoms with Gasteiger partial charge >= 0.3 is 0 Å². The van der Waals surface area contributed by atoms with Gasteiger partial charge in [-0.2, -0.15) is 0 Å². The molecule has 0 saturated carbocycles. The first-order chi connectivity index (χ1) is 12.1. The van der Waals surface area contributed by atoms with Crippen molar-refractivity contribution in [3.8, 4) is 11.3 Å². The molecule has 3 aromatic rings. The van der Waals surface area contributed by atoms with E-state index in [4.69, 9.17) is 4.42 Å². The average molecular weight is 336 g/mol. The second-order valence-corrected chi connectivity index (χ2v) is 5.75. The SMILES string of the molecule is Cc1nc(C(=O)NCCC(O)c2ccccc2)c(-c2ccccc2)o1. The highest BCUT2D eigenvalue weighted by molar-refractivity contribution is 5.97. The monoisotopic (exact) mass is 336 g/mol. The molecule has 1 unspecified atom stereocenters. The molecule has 0 aliphatic rings. The lowest BCUT2D eigenvalue weighted by Crippen LogP contribution is -2.26. The number of aliphatic hydroxyl groups excluding tert-OH is 1. The van der Waals surface area contributed by atoms with Crippen LogP contribution in [0.1, 0.15) is 34.5 Å². The summed E-state index contributed by atoms with van der Waals surface area (Å²) in [7, 11) is 0. The maximum Gasteiger partial charge on any atom is 0.273 e.